The minimum atomic E-state index is -0.361. The third-order valence-corrected chi connectivity index (χ3v) is 3.24. The maximum absolute atomic E-state index is 13.9. The van der Waals surface area contributed by atoms with E-state index in [0.29, 0.717) is 11.1 Å². The fourth-order valence-corrected chi connectivity index (χ4v) is 2.27. The maximum Gasteiger partial charge on any atom is 0.131 e. The van der Waals surface area contributed by atoms with Gasteiger partial charge in [0.25, 0.3) is 0 Å². The van der Waals surface area contributed by atoms with Gasteiger partial charge < -0.3 is 5.11 Å². The first-order chi connectivity index (χ1) is 9.75. The first-order valence-electron chi connectivity index (χ1n) is 6.39. The summed E-state index contributed by atoms with van der Waals surface area (Å²) in [6, 6.07) is 21.3. The predicted octanol–water partition coefficient (Wildman–Crippen LogP) is 4.87. The van der Waals surface area contributed by atoms with Crippen molar-refractivity contribution >= 4 is 0 Å². The van der Waals surface area contributed by atoms with Gasteiger partial charge in [-0.15, -0.1) is 0 Å². The number of aromatic hydroxyl groups is 1. The molecule has 0 bridgehead atoms. The number of phenolic OH excluding ortho intramolecular Hbond substituents is 1. The summed E-state index contributed by atoms with van der Waals surface area (Å²) in [4.78, 5) is 0. The van der Waals surface area contributed by atoms with Crippen LogP contribution in [0.5, 0.6) is 5.75 Å². The van der Waals surface area contributed by atoms with Gasteiger partial charge in [-0.2, -0.15) is 0 Å². The predicted molar refractivity (Wildman–Crippen MR) is 78.9 cm³/mol. The van der Waals surface area contributed by atoms with Crippen LogP contribution in [0.4, 0.5) is 4.39 Å². The third-order valence-electron chi connectivity index (χ3n) is 3.24. The van der Waals surface area contributed by atoms with Crippen LogP contribution >= 0.6 is 0 Å². The Morgan fingerprint density at radius 1 is 0.650 bits per heavy atom. The molecular weight excluding hydrogens is 251 g/mol. The fourth-order valence-electron chi connectivity index (χ4n) is 2.27. The Hall–Kier alpha value is -2.61. The molecule has 0 radical (unpaired) electrons. The van der Waals surface area contributed by atoms with E-state index in [-0.39, 0.29) is 11.6 Å². The standard InChI is InChI=1S/C18H13FO/c19-15-11-16(13-7-3-1-4-8-13)18(20)17(12-15)14-9-5-2-6-10-14/h1-12,20H. The highest BCUT2D eigenvalue weighted by molar-refractivity contribution is 5.81. The first kappa shape index (κ1) is 12.4. The van der Waals surface area contributed by atoms with E-state index in [1.165, 1.54) is 12.1 Å². The minimum Gasteiger partial charge on any atom is -0.507 e. The van der Waals surface area contributed by atoms with Crippen LogP contribution in [0.2, 0.25) is 0 Å². The molecule has 0 spiro atoms. The molecule has 3 aromatic carbocycles. The highest BCUT2D eigenvalue weighted by atomic mass is 19.1. The summed E-state index contributed by atoms with van der Waals surface area (Å²) in [6.07, 6.45) is 0. The van der Waals surface area contributed by atoms with Crippen LogP contribution in [0, 0.1) is 5.82 Å². The van der Waals surface area contributed by atoms with E-state index in [9.17, 15) is 9.50 Å². The molecule has 3 rings (SSSR count). The fraction of sp³-hybridized carbons (Fsp3) is 0. The third kappa shape index (κ3) is 2.28. The van der Waals surface area contributed by atoms with E-state index in [1.54, 1.807) is 0 Å². The number of rotatable bonds is 2. The van der Waals surface area contributed by atoms with Gasteiger partial charge in [-0.3, -0.25) is 0 Å². The van der Waals surface area contributed by atoms with Crippen molar-refractivity contribution in [2.45, 2.75) is 0 Å². The molecule has 0 amide bonds. The zero-order chi connectivity index (χ0) is 13.9. The summed E-state index contributed by atoms with van der Waals surface area (Å²) in [5.41, 5.74) is 2.59. The zero-order valence-electron chi connectivity index (χ0n) is 10.8. The van der Waals surface area contributed by atoms with Crippen molar-refractivity contribution in [2.24, 2.45) is 0 Å². The van der Waals surface area contributed by atoms with E-state index in [2.05, 4.69) is 0 Å². The number of halogens is 1. The second kappa shape index (κ2) is 5.17. The minimum absolute atomic E-state index is 0.101. The van der Waals surface area contributed by atoms with Gasteiger partial charge in [0.05, 0.1) is 0 Å². The molecule has 1 nitrogen and oxygen atoms in total. The Morgan fingerprint density at radius 3 is 1.45 bits per heavy atom. The van der Waals surface area contributed by atoms with E-state index in [0.717, 1.165) is 11.1 Å². The van der Waals surface area contributed by atoms with Crippen molar-refractivity contribution in [1.82, 2.24) is 0 Å². The lowest BCUT2D eigenvalue weighted by molar-refractivity contribution is 0.477. The number of benzene rings is 3. The molecule has 0 atom stereocenters. The van der Waals surface area contributed by atoms with Gasteiger partial charge in [-0.25, -0.2) is 4.39 Å². The lowest BCUT2D eigenvalue weighted by Gasteiger charge is -2.11. The molecule has 0 unspecified atom stereocenters. The molecule has 3 aromatic rings. The molecule has 0 aromatic heterocycles. The largest absolute Gasteiger partial charge is 0.507 e. The van der Waals surface area contributed by atoms with E-state index in [1.807, 2.05) is 60.7 Å². The van der Waals surface area contributed by atoms with Gasteiger partial charge >= 0.3 is 0 Å². The second-order valence-corrected chi connectivity index (χ2v) is 4.58. The van der Waals surface area contributed by atoms with E-state index in [4.69, 9.17) is 0 Å². The molecule has 20 heavy (non-hydrogen) atoms. The van der Waals surface area contributed by atoms with Gasteiger partial charge in [0.2, 0.25) is 0 Å². The lowest BCUT2D eigenvalue weighted by atomic mass is 9.97. The molecule has 0 fully saturated rings. The SMILES string of the molecule is Oc1c(-c2ccccc2)cc(F)cc1-c1ccccc1. The Kier molecular flexibility index (Phi) is 3.21. The van der Waals surface area contributed by atoms with Gasteiger partial charge in [0, 0.05) is 11.1 Å². The quantitative estimate of drug-likeness (QED) is 0.700. The number of hydrogen-bond acceptors (Lipinski definition) is 1. The molecule has 1 N–H and O–H groups in total. The Balaban J connectivity index is 2.22. The summed E-state index contributed by atoms with van der Waals surface area (Å²) in [5.74, 6) is -0.260. The second-order valence-electron chi connectivity index (χ2n) is 4.58. The van der Waals surface area contributed by atoms with Crippen molar-refractivity contribution in [2.75, 3.05) is 0 Å². The monoisotopic (exact) mass is 264 g/mol. The Labute approximate surface area is 117 Å². The highest BCUT2D eigenvalue weighted by Gasteiger charge is 2.13. The first-order valence-corrected chi connectivity index (χ1v) is 6.39. The Morgan fingerprint density at radius 2 is 1.05 bits per heavy atom. The summed E-state index contributed by atoms with van der Waals surface area (Å²) < 4.78 is 13.9. The van der Waals surface area contributed by atoms with Crippen molar-refractivity contribution in [3.8, 4) is 28.0 Å². The van der Waals surface area contributed by atoms with Crippen LogP contribution in [0.3, 0.4) is 0 Å². The van der Waals surface area contributed by atoms with Gasteiger partial charge in [-0.05, 0) is 23.3 Å². The lowest BCUT2D eigenvalue weighted by Crippen LogP contribution is -1.87. The van der Waals surface area contributed by atoms with Crippen LogP contribution in [0.1, 0.15) is 0 Å². The van der Waals surface area contributed by atoms with Gasteiger partial charge in [0.15, 0.2) is 0 Å². The zero-order valence-corrected chi connectivity index (χ0v) is 10.8. The van der Waals surface area contributed by atoms with E-state index >= 15 is 0 Å². The molecule has 0 aliphatic rings. The average molecular weight is 264 g/mol. The molecule has 98 valence electrons. The van der Waals surface area contributed by atoms with Crippen LogP contribution in [0.25, 0.3) is 22.3 Å². The summed E-state index contributed by atoms with van der Waals surface area (Å²) in [6.45, 7) is 0. The van der Waals surface area contributed by atoms with Crippen molar-refractivity contribution in [1.29, 1.82) is 0 Å². The van der Waals surface area contributed by atoms with Crippen LogP contribution in [-0.2, 0) is 0 Å². The molecule has 0 saturated carbocycles. The maximum atomic E-state index is 13.9. The van der Waals surface area contributed by atoms with Crippen LogP contribution in [-0.4, -0.2) is 5.11 Å². The molecule has 0 aliphatic carbocycles. The molecule has 2 heteroatoms. The molecule has 0 heterocycles. The van der Waals surface area contributed by atoms with Crippen LogP contribution in [0.15, 0.2) is 72.8 Å². The number of phenols is 1. The van der Waals surface area contributed by atoms with Gasteiger partial charge in [-0.1, -0.05) is 60.7 Å². The molecule has 0 saturated heterocycles. The van der Waals surface area contributed by atoms with Crippen molar-refractivity contribution < 1.29 is 9.50 Å². The smallest absolute Gasteiger partial charge is 0.131 e. The van der Waals surface area contributed by atoms with Crippen molar-refractivity contribution in [3.63, 3.8) is 0 Å². The molecular formula is C18H13FO. The summed E-state index contributed by atoms with van der Waals surface area (Å²) >= 11 is 0. The normalized spacial score (nSPS) is 10.4. The van der Waals surface area contributed by atoms with Crippen molar-refractivity contribution in [3.05, 3.63) is 78.6 Å². The van der Waals surface area contributed by atoms with E-state index < -0.39 is 0 Å². The highest BCUT2D eigenvalue weighted by Crippen LogP contribution is 2.38. The average Bonchev–Trinajstić information content (AvgIpc) is 2.51. The number of hydrogen-bond donors (Lipinski definition) is 1. The summed E-state index contributed by atoms with van der Waals surface area (Å²) in [7, 11) is 0. The van der Waals surface area contributed by atoms with Gasteiger partial charge in [0.1, 0.15) is 11.6 Å². The molecule has 0 aliphatic heterocycles. The van der Waals surface area contributed by atoms with Crippen LogP contribution < -0.4 is 0 Å². The Bertz CT molecular complexity index is 660. The summed E-state index contributed by atoms with van der Waals surface area (Å²) in [5, 5.41) is 10.5. The topological polar surface area (TPSA) is 20.2 Å².